The zero-order chi connectivity index (χ0) is 22.1. The Kier molecular flexibility index (Phi) is 6.18. The lowest BCUT2D eigenvalue weighted by molar-refractivity contribution is -0.143. The number of aromatic nitrogens is 4. The van der Waals surface area contributed by atoms with Crippen molar-refractivity contribution >= 4 is 29.1 Å². The van der Waals surface area contributed by atoms with Gasteiger partial charge in [0.05, 0.1) is 24.9 Å². The van der Waals surface area contributed by atoms with Crippen LogP contribution in [0.2, 0.25) is 10.0 Å². The fraction of sp³-hybridized carbons (Fsp3) is 0.222. The van der Waals surface area contributed by atoms with Gasteiger partial charge in [0, 0.05) is 16.1 Å². The maximum absolute atomic E-state index is 13.8. The number of ether oxygens (including phenoxy) is 1. The van der Waals surface area contributed by atoms with Gasteiger partial charge in [-0.25, -0.2) is 4.68 Å². The Hall–Kier alpha value is -2.85. The summed E-state index contributed by atoms with van der Waals surface area (Å²) < 4.78 is 46.6. The molecule has 1 unspecified atom stereocenters. The number of methoxy groups -OCH3 is 1. The molecule has 0 spiro atoms. The van der Waals surface area contributed by atoms with Crippen molar-refractivity contribution in [1.82, 2.24) is 25.3 Å². The van der Waals surface area contributed by atoms with Crippen molar-refractivity contribution in [1.29, 1.82) is 0 Å². The van der Waals surface area contributed by atoms with Crippen LogP contribution in [0, 0.1) is 0 Å². The molecule has 0 bridgehead atoms. The Bertz CT molecular complexity index is 1070. The smallest absolute Gasteiger partial charge is 0.434 e. The van der Waals surface area contributed by atoms with E-state index in [1.165, 1.54) is 25.3 Å². The quantitative estimate of drug-likeness (QED) is 0.607. The highest BCUT2D eigenvalue weighted by molar-refractivity contribution is 6.35. The number of carbonyl (C=O) groups excluding carboxylic acids is 1. The van der Waals surface area contributed by atoms with Crippen molar-refractivity contribution in [2.45, 2.75) is 19.1 Å². The zero-order valence-corrected chi connectivity index (χ0v) is 17.0. The molecule has 1 amide bonds. The van der Waals surface area contributed by atoms with Gasteiger partial charge in [-0.15, -0.1) is 10.2 Å². The molecule has 7 nitrogen and oxygen atoms in total. The maximum Gasteiger partial charge on any atom is 0.434 e. The summed E-state index contributed by atoms with van der Waals surface area (Å²) >= 11 is 12.0. The number of benzene rings is 1. The van der Waals surface area contributed by atoms with Crippen molar-refractivity contribution in [3.8, 4) is 11.7 Å². The molecule has 1 atom stereocenters. The standard InChI is InChI=1S/C18H14Cl2F3N5O2/c1-9(11-4-3-10(19)7-13(11)20)25-17(29)12-8-24-28(16(12)18(21,22)23)14-5-6-15(30-2)27-26-14/h3-9H,1-2H3,(H,25,29). The topological polar surface area (TPSA) is 81.9 Å². The lowest BCUT2D eigenvalue weighted by Crippen LogP contribution is -2.29. The molecular formula is C18H14Cl2F3N5O2. The molecule has 158 valence electrons. The molecule has 0 saturated carbocycles. The first-order valence-corrected chi connectivity index (χ1v) is 9.16. The van der Waals surface area contributed by atoms with Crippen LogP contribution in [0.1, 0.15) is 34.6 Å². The molecule has 12 heteroatoms. The number of halogens is 5. The van der Waals surface area contributed by atoms with E-state index in [-0.39, 0.29) is 16.7 Å². The van der Waals surface area contributed by atoms with Gasteiger partial charge in [-0.2, -0.15) is 18.3 Å². The van der Waals surface area contributed by atoms with E-state index < -0.39 is 29.4 Å². The van der Waals surface area contributed by atoms with E-state index in [1.807, 2.05) is 0 Å². The molecule has 1 N–H and O–H groups in total. The summed E-state index contributed by atoms with van der Waals surface area (Å²) in [6.07, 6.45) is -4.06. The largest absolute Gasteiger partial charge is 0.480 e. The molecule has 2 aromatic heterocycles. The molecule has 2 heterocycles. The van der Waals surface area contributed by atoms with E-state index in [2.05, 4.69) is 20.6 Å². The third-order valence-corrected chi connectivity index (χ3v) is 4.67. The summed E-state index contributed by atoms with van der Waals surface area (Å²) in [6, 6.07) is 6.50. The first kappa shape index (κ1) is 21.8. The van der Waals surface area contributed by atoms with Gasteiger partial charge >= 0.3 is 6.18 Å². The monoisotopic (exact) mass is 459 g/mol. The van der Waals surface area contributed by atoms with Crippen LogP contribution in [-0.2, 0) is 6.18 Å². The van der Waals surface area contributed by atoms with Gasteiger partial charge in [-0.3, -0.25) is 4.79 Å². The van der Waals surface area contributed by atoms with Crippen LogP contribution in [0.25, 0.3) is 5.82 Å². The summed E-state index contributed by atoms with van der Waals surface area (Å²) in [5.41, 5.74) is -1.46. The Morgan fingerprint density at radius 2 is 1.93 bits per heavy atom. The van der Waals surface area contributed by atoms with E-state index in [0.717, 1.165) is 6.20 Å². The number of carbonyl (C=O) groups is 1. The van der Waals surface area contributed by atoms with Gasteiger partial charge in [0.25, 0.3) is 5.91 Å². The lowest BCUT2D eigenvalue weighted by Gasteiger charge is -2.17. The predicted molar refractivity (Wildman–Crippen MR) is 103 cm³/mol. The fourth-order valence-corrected chi connectivity index (χ4v) is 3.27. The van der Waals surface area contributed by atoms with Gasteiger partial charge in [0.2, 0.25) is 5.88 Å². The van der Waals surface area contributed by atoms with Crippen LogP contribution in [0.3, 0.4) is 0 Å². The molecule has 0 aliphatic heterocycles. The second-order valence-electron chi connectivity index (χ2n) is 6.11. The number of nitrogens with one attached hydrogen (secondary N) is 1. The van der Waals surface area contributed by atoms with Crippen molar-refractivity contribution in [3.05, 3.63) is 63.4 Å². The van der Waals surface area contributed by atoms with Crippen LogP contribution < -0.4 is 10.1 Å². The van der Waals surface area contributed by atoms with Crippen LogP contribution in [0.5, 0.6) is 5.88 Å². The summed E-state index contributed by atoms with van der Waals surface area (Å²) in [7, 11) is 1.34. The molecule has 30 heavy (non-hydrogen) atoms. The molecule has 3 aromatic rings. The minimum absolute atomic E-state index is 0.117. The maximum atomic E-state index is 13.8. The first-order chi connectivity index (χ1) is 14.1. The fourth-order valence-electron chi connectivity index (χ4n) is 2.70. The van der Waals surface area contributed by atoms with Crippen LogP contribution in [0.15, 0.2) is 36.5 Å². The molecule has 0 fully saturated rings. The van der Waals surface area contributed by atoms with E-state index in [0.29, 0.717) is 15.3 Å². The first-order valence-electron chi connectivity index (χ1n) is 8.41. The summed E-state index contributed by atoms with van der Waals surface area (Å²) in [5.74, 6) is -1.09. The van der Waals surface area contributed by atoms with Crippen molar-refractivity contribution in [2.75, 3.05) is 7.11 Å². The number of hydrogen-bond acceptors (Lipinski definition) is 5. The number of rotatable bonds is 5. The normalized spacial score (nSPS) is 12.5. The Morgan fingerprint density at radius 3 is 2.50 bits per heavy atom. The number of hydrogen-bond donors (Lipinski definition) is 1. The lowest BCUT2D eigenvalue weighted by atomic mass is 10.1. The number of alkyl halides is 3. The molecule has 0 saturated heterocycles. The average molecular weight is 460 g/mol. The van der Waals surface area contributed by atoms with Crippen LogP contribution in [-0.4, -0.2) is 33.0 Å². The van der Waals surface area contributed by atoms with Gasteiger partial charge in [0.1, 0.15) is 0 Å². The molecule has 1 aromatic carbocycles. The van der Waals surface area contributed by atoms with Crippen molar-refractivity contribution in [3.63, 3.8) is 0 Å². The Balaban J connectivity index is 1.94. The minimum atomic E-state index is -4.88. The highest BCUT2D eigenvalue weighted by Gasteiger charge is 2.41. The van der Waals surface area contributed by atoms with Gasteiger partial charge in [-0.1, -0.05) is 29.3 Å². The third-order valence-electron chi connectivity index (χ3n) is 4.11. The second kappa shape index (κ2) is 8.49. The van der Waals surface area contributed by atoms with Gasteiger partial charge < -0.3 is 10.1 Å². The van der Waals surface area contributed by atoms with E-state index in [9.17, 15) is 18.0 Å². The molecule has 0 aliphatic rings. The van der Waals surface area contributed by atoms with Gasteiger partial charge in [0.15, 0.2) is 11.5 Å². The summed E-state index contributed by atoms with van der Waals surface area (Å²) in [5, 5.41) is 14.1. The number of nitrogens with zero attached hydrogens (tertiary/aromatic N) is 4. The van der Waals surface area contributed by atoms with E-state index in [4.69, 9.17) is 27.9 Å². The number of amides is 1. The van der Waals surface area contributed by atoms with Gasteiger partial charge in [-0.05, 0) is 30.7 Å². The second-order valence-corrected chi connectivity index (χ2v) is 6.95. The SMILES string of the molecule is COc1ccc(-n2ncc(C(=O)NC(C)c3ccc(Cl)cc3Cl)c2C(F)(F)F)nn1. The highest BCUT2D eigenvalue weighted by atomic mass is 35.5. The Morgan fingerprint density at radius 1 is 1.20 bits per heavy atom. The summed E-state index contributed by atoms with van der Waals surface area (Å²) in [6.45, 7) is 1.58. The van der Waals surface area contributed by atoms with E-state index >= 15 is 0 Å². The minimum Gasteiger partial charge on any atom is -0.480 e. The van der Waals surface area contributed by atoms with Crippen LogP contribution >= 0.6 is 23.2 Å². The van der Waals surface area contributed by atoms with Crippen molar-refractivity contribution in [2.24, 2.45) is 0 Å². The zero-order valence-electron chi connectivity index (χ0n) is 15.5. The molecule has 3 rings (SSSR count). The summed E-state index contributed by atoms with van der Waals surface area (Å²) in [4.78, 5) is 12.6. The molecule has 0 aliphatic carbocycles. The third kappa shape index (κ3) is 4.49. The van der Waals surface area contributed by atoms with Crippen molar-refractivity contribution < 1.29 is 22.7 Å². The Labute approximate surface area is 178 Å². The van der Waals surface area contributed by atoms with Crippen LogP contribution in [0.4, 0.5) is 13.2 Å². The average Bonchev–Trinajstić information content (AvgIpc) is 3.13. The van der Waals surface area contributed by atoms with E-state index in [1.54, 1.807) is 19.1 Å². The molecular weight excluding hydrogens is 446 g/mol. The predicted octanol–water partition coefficient (Wildman–Crippen LogP) is 4.49. The highest BCUT2D eigenvalue weighted by Crippen LogP contribution is 2.34. The molecule has 0 radical (unpaired) electrons.